The molecule has 4 N–H and O–H groups in total. The fourth-order valence-electron chi connectivity index (χ4n) is 4.24. The van der Waals surface area contributed by atoms with Gasteiger partial charge < -0.3 is 34.6 Å². The summed E-state index contributed by atoms with van der Waals surface area (Å²) in [7, 11) is 0. The molecule has 0 bridgehead atoms. The number of carbonyl (C=O) groups excluding carboxylic acids is 1. The van der Waals surface area contributed by atoms with Crippen LogP contribution in [-0.4, -0.2) is 75.8 Å². The topological polar surface area (TPSA) is 143 Å². The van der Waals surface area contributed by atoms with Crippen molar-refractivity contribution in [1.29, 1.82) is 0 Å². The van der Waals surface area contributed by atoms with Gasteiger partial charge in [0.15, 0.2) is 18.5 Å². The zero-order valence-electron chi connectivity index (χ0n) is 17.2. The van der Waals surface area contributed by atoms with Crippen molar-refractivity contribution in [3.63, 3.8) is 0 Å². The van der Waals surface area contributed by atoms with Crippen molar-refractivity contribution < 1.29 is 44.2 Å². The van der Waals surface area contributed by atoms with E-state index in [4.69, 9.17) is 14.2 Å². The van der Waals surface area contributed by atoms with E-state index in [9.17, 15) is 30.0 Å². The molecule has 0 amide bonds. The monoisotopic (exact) mass is 438 g/mol. The molecule has 6 atom stereocenters. The van der Waals surface area contributed by atoms with Crippen LogP contribution in [0.1, 0.15) is 48.9 Å². The Labute approximate surface area is 180 Å². The number of carboxylic acid groups (broad SMARTS) is 1. The molecule has 2 fully saturated rings. The summed E-state index contributed by atoms with van der Waals surface area (Å²) in [5.74, 6) is -1.81. The predicted molar refractivity (Wildman–Crippen MR) is 107 cm³/mol. The number of hydrogen-bond donors (Lipinski definition) is 4. The smallest absolute Gasteiger partial charge is 0.338 e. The maximum atomic E-state index is 12.5. The molecule has 31 heavy (non-hydrogen) atoms. The van der Waals surface area contributed by atoms with Crippen molar-refractivity contribution >= 4 is 11.9 Å². The van der Waals surface area contributed by atoms with Crippen LogP contribution in [0.25, 0.3) is 0 Å². The number of carboxylic acids is 1. The van der Waals surface area contributed by atoms with Gasteiger partial charge in [-0.15, -0.1) is 0 Å². The number of benzene rings is 1. The van der Waals surface area contributed by atoms with Gasteiger partial charge in [-0.2, -0.15) is 0 Å². The molecule has 1 aromatic rings. The highest BCUT2D eigenvalue weighted by atomic mass is 16.7. The molecule has 9 nitrogen and oxygen atoms in total. The van der Waals surface area contributed by atoms with E-state index in [1.807, 2.05) is 0 Å². The van der Waals surface area contributed by atoms with Gasteiger partial charge in [0.2, 0.25) is 0 Å². The van der Waals surface area contributed by atoms with Crippen LogP contribution in [0.3, 0.4) is 0 Å². The summed E-state index contributed by atoms with van der Waals surface area (Å²) in [6, 6.07) is 8.04. The molecule has 0 radical (unpaired) electrons. The van der Waals surface area contributed by atoms with Crippen LogP contribution in [0.2, 0.25) is 0 Å². The molecule has 2 aliphatic rings. The molecule has 0 spiro atoms. The first-order valence-electron chi connectivity index (χ1n) is 10.7. The third-order valence-corrected chi connectivity index (χ3v) is 5.94. The van der Waals surface area contributed by atoms with Gasteiger partial charge in [-0.25, -0.2) is 9.59 Å². The van der Waals surface area contributed by atoms with E-state index >= 15 is 0 Å². The maximum Gasteiger partial charge on any atom is 0.338 e. The molecule has 1 saturated carbocycles. The molecular weight excluding hydrogens is 408 g/mol. The minimum Gasteiger partial charge on any atom is -0.479 e. The van der Waals surface area contributed by atoms with Crippen molar-refractivity contribution in [2.45, 2.75) is 75.3 Å². The summed E-state index contributed by atoms with van der Waals surface area (Å²) in [6.07, 6.45) is -3.32. The summed E-state index contributed by atoms with van der Waals surface area (Å²) in [6.45, 7) is -0.627. The lowest BCUT2D eigenvalue weighted by molar-refractivity contribution is -0.299. The van der Waals surface area contributed by atoms with Gasteiger partial charge >= 0.3 is 11.9 Å². The Bertz CT molecular complexity index is 719. The lowest BCUT2D eigenvalue weighted by Gasteiger charge is -2.42. The highest BCUT2D eigenvalue weighted by molar-refractivity contribution is 5.89. The van der Waals surface area contributed by atoms with Crippen LogP contribution in [0, 0.1) is 5.92 Å². The van der Waals surface area contributed by atoms with Gasteiger partial charge in [-0.1, -0.05) is 50.3 Å². The normalized spacial score (nSPS) is 30.5. The molecule has 1 heterocycles. The number of aliphatic hydroxyl groups is 3. The third kappa shape index (κ3) is 6.02. The fourth-order valence-corrected chi connectivity index (χ4v) is 4.24. The second-order valence-electron chi connectivity index (χ2n) is 8.14. The number of aliphatic carboxylic acids is 1. The molecule has 1 aliphatic heterocycles. The summed E-state index contributed by atoms with van der Waals surface area (Å²) in [5.41, 5.74) is 0.212. The lowest BCUT2D eigenvalue weighted by Crippen LogP contribution is -2.61. The van der Waals surface area contributed by atoms with E-state index in [2.05, 4.69) is 0 Å². The molecule has 1 saturated heterocycles. The average Bonchev–Trinajstić information content (AvgIpc) is 2.78. The lowest BCUT2D eigenvalue weighted by atomic mass is 9.85. The highest BCUT2D eigenvalue weighted by Crippen LogP contribution is 2.31. The Hall–Kier alpha value is -2.04. The molecule has 3 rings (SSSR count). The largest absolute Gasteiger partial charge is 0.479 e. The molecule has 1 aliphatic carbocycles. The van der Waals surface area contributed by atoms with Gasteiger partial charge in [-0.3, -0.25) is 0 Å². The molecule has 0 unspecified atom stereocenters. The minimum absolute atomic E-state index is 0.177. The Morgan fingerprint density at radius 2 is 1.74 bits per heavy atom. The van der Waals surface area contributed by atoms with E-state index in [1.165, 1.54) is 12.1 Å². The number of rotatable bonds is 8. The number of hydrogen-bond acceptors (Lipinski definition) is 8. The van der Waals surface area contributed by atoms with Crippen LogP contribution in [0.15, 0.2) is 30.3 Å². The molecule has 0 aromatic heterocycles. The zero-order valence-corrected chi connectivity index (χ0v) is 17.2. The second-order valence-corrected chi connectivity index (χ2v) is 8.14. The summed E-state index contributed by atoms with van der Waals surface area (Å²) in [5, 5.41) is 40.2. The number of aliphatic hydroxyl groups excluding tert-OH is 3. The summed E-state index contributed by atoms with van der Waals surface area (Å²) >= 11 is 0. The predicted octanol–water partition coefficient (Wildman–Crippen LogP) is 1.09. The number of esters is 1. The third-order valence-electron chi connectivity index (χ3n) is 5.94. The Balaban J connectivity index is 1.78. The Morgan fingerprint density at radius 3 is 2.35 bits per heavy atom. The van der Waals surface area contributed by atoms with Crippen LogP contribution >= 0.6 is 0 Å². The standard InChI is InChI=1S/C22H30O9/c23-12-16-17(24)18(29-15(20(25)26)11-13-7-3-1-4-8-13)19(22(28)30-16)31-21(27)14-9-5-2-6-10-14/h2,5-6,9-10,13,15-19,22-24,28H,1,3-4,7-8,11-12H2,(H,25,26)/t15-,16+,17-,18-,19+,22+/m0/s1. The molecule has 9 heteroatoms. The summed E-state index contributed by atoms with van der Waals surface area (Å²) < 4.78 is 16.3. The van der Waals surface area contributed by atoms with Crippen LogP contribution in [-0.2, 0) is 19.0 Å². The van der Waals surface area contributed by atoms with E-state index in [0.717, 1.165) is 32.1 Å². The van der Waals surface area contributed by atoms with Crippen LogP contribution in [0.5, 0.6) is 0 Å². The Kier molecular flexibility index (Phi) is 8.39. The first-order valence-corrected chi connectivity index (χ1v) is 10.7. The maximum absolute atomic E-state index is 12.5. The summed E-state index contributed by atoms with van der Waals surface area (Å²) in [4.78, 5) is 24.4. The van der Waals surface area contributed by atoms with Crippen molar-refractivity contribution in [2.24, 2.45) is 5.92 Å². The van der Waals surface area contributed by atoms with E-state index in [-0.39, 0.29) is 17.9 Å². The quantitative estimate of drug-likeness (QED) is 0.439. The van der Waals surface area contributed by atoms with Gasteiger partial charge in [0, 0.05) is 0 Å². The SMILES string of the molecule is O=C(O[C@@H]1[C@@H](O[C@@H](CC2CCCCC2)C(=O)O)[C@@H](O)[C@@H](CO)O[C@H]1O)c1ccccc1. The minimum atomic E-state index is -1.71. The Morgan fingerprint density at radius 1 is 1.06 bits per heavy atom. The zero-order chi connectivity index (χ0) is 22.4. The first kappa shape index (κ1) is 23.6. The van der Waals surface area contributed by atoms with Crippen molar-refractivity contribution in [1.82, 2.24) is 0 Å². The van der Waals surface area contributed by atoms with E-state index in [0.29, 0.717) is 0 Å². The van der Waals surface area contributed by atoms with Crippen molar-refractivity contribution in [3.05, 3.63) is 35.9 Å². The van der Waals surface area contributed by atoms with Crippen molar-refractivity contribution in [3.8, 4) is 0 Å². The first-order chi connectivity index (χ1) is 14.9. The van der Waals surface area contributed by atoms with Gasteiger partial charge in [-0.05, 0) is 24.5 Å². The molecular formula is C22H30O9. The number of carbonyl (C=O) groups is 2. The molecule has 1 aromatic carbocycles. The average molecular weight is 438 g/mol. The molecule has 172 valence electrons. The highest BCUT2D eigenvalue weighted by Gasteiger charge is 2.49. The van der Waals surface area contributed by atoms with E-state index in [1.54, 1.807) is 18.2 Å². The van der Waals surface area contributed by atoms with Gasteiger partial charge in [0.05, 0.1) is 12.2 Å². The fraction of sp³-hybridized carbons (Fsp3) is 0.636. The van der Waals surface area contributed by atoms with Gasteiger partial charge in [0.1, 0.15) is 18.3 Å². The van der Waals surface area contributed by atoms with Crippen molar-refractivity contribution in [2.75, 3.05) is 6.61 Å². The second kappa shape index (κ2) is 11.0. The van der Waals surface area contributed by atoms with Crippen LogP contribution < -0.4 is 0 Å². The van der Waals surface area contributed by atoms with Gasteiger partial charge in [0.25, 0.3) is 0 Å². The van der Waals surface area contributed by atoms with E-state index < -0.39 is 55.4 Å². The number of ether oxygens (including phenoxy) is 3. The van der Waals surface area contributed by atoms with Crippen LogP contribution in [0.4, 0.5) is 0 Å².